The Morgan fingerprint density at radius 3 is 2.75 bits per heavy atom. The van der Waals surface area contributed by atoms with Crippen molar-refractivity contribution >= 4 is 23.3 Å². The average Bonchev–Trinajstić information content (AvgIpc) is 2.01. The fourth-order valence-corrected chi connectivity index (χ4v) is 0.622. The van der Waals surface area contributed by atoms with Gasteiger partial charge in [-0.15, -0.1) is 0 Å². The van der Waals surface area contributed by atoms with E-state index in [2.05, 4.69) is 21.3 Å². The van der Waals surface area contributed by atoms with Crippen molar-refractivity contribution < 1.29 is 4.74 Å². The van der Waals surface area contributed by atoms with Crippen LogP contribution in [0.25, 0.3) is 0 Å². The van der Waals surface area contributed by atoms with Gasteiger partial charge in [0.1, 0.15) is 0 Å². The molecule has 0 aliphatic heterocycles. The highest BCUT2D eigenvalue weighted by Gasteiger charge is 1.88. The topological polar surface area (TPSA) is 34.0 Å². The maximum absolute atomic E-state index is 5.57. The quantitative estimate of drug-likeness (QED) is 0.288. The molecule has 0 N–H and O–H groups in total. The summed E-state index contributed by atoms with van der Waals surface area (Å²) >= 11 is 5.57. The van der Waals surface area contributed by atoms with Crippen LogP contribution in [-0.2, 0) is 4.74 Å². The van der Waals surface area contributed by atoms with E-state index in [-0.39, 0.29) is 5.29 Å². The number of aliphatic imine (C=N–C) groups is 2. The van der Waals surface area contributed by atoms with Gasteiger partial charge in [0, 0.05) is 0 Å². The van der Waals surface area contributed by atoms with Crippen molar-refractivity contribution in [1.29, 1.82) is 0 Å². The zero-order valence-electron chi connectivity index (χ0n) is 7.12. The third-order valence-corrected chi connectivity index (χ3v) is 1.04. The molecule has 0 atom stereocenters. The standard InChI is InChI=1S/C8H11ClN2O/c1-4-5-7(2)11-8(9)10-6-12-3/h4-6H,2H2,1,3H3/b5-4-,10-6-,11-8-. The average molecular weight is 187 g/mol. The van der Waals surface area contributed by atoms with Crippen LogP contribution in [0.1, 0.15) is 6.92 Å². The molecule has 0 unspecified atom stereocenters. The van der Waals surface area contributed by atoms with Crippen LogP contribution in [-0.4, -0.2) is 18.8 Å². The normalized spacial score (nSPS) is 12.8. The van der Waals surface area contributed by atoms with Crippen molar-refractivity contribution in [1.82, 2.24) is 0 Å². The van der Waals surface area contributed by atoms with Gasteiger partial charge < -0.3 is 4.74 Å². The van der Waals surface area contributed by atoms with Gasteiger partial charge in [-0.3, -0.25) is 0 Å². The third-order valence-electron chi connectivity index (χ3n) is 0.860. The summed E-state index contributed by atoms with van der Waals surface area (Å²) in [4.78, 5) is 7.47. The van der Waals surface area contributed by atoms with E-state index in [1.165, 1.54) is 13.5 Å². The molecule has 0 saturated carbocycles. The SMILES string of the molecule is C=C(/C=C\C)/N=C(Cl)\N=C/OC. The number of allylic oxidation sites excluding steroid dienone is 2. The van der Waals surface area contributed by atoms with Gasteiger partial charge in [0.2, 0.25) is 5.29 Å². The molecular formula is C8H11ClN2O. The van der Waals surface area contributed by atoms with E-state index in [1.807, 2.05) is 13.0 Å². The minimum Gasteiger partial charge on any atom is -0.486 e. The van der Waals surface area contributed by atoms with Gasteiger partial charge >= 0.3 is 0 Å². The summed E-state index contributed by atoms with van der Waals surface area (Å²) < 4.78 is 4.55. The minimum absolute atomic E-state index is 0.0972. The van der Waals surface area contributed by atoms with E-state index < -0.39 is 0 Å². The van der Waals surface area contributed by atoms with E-state index in [4.69, 9.17) is 11.6 Å². The first-order valence-electron chi connectivity index (χ1n) is 3.31. The fraction of sp³-hybridized carbons (Fsp3) is 0.250. The molecule has 0 aromatic heterocycles. The van der Waals surface area contributed by atoms with Crippen molar-refractivity contribution in [3.63, 3.8) is 0 Å². The van der Waals surface area contributed by atoms with Crippen molar-refractivity contribution in [2.24, 2.45) is 9.98 Å². The summed E-state index contributed by atoms with van der Waals surface area (Å²) in [6.07, 6.45) is 4.75. The molecule has 0 aromatic rings. The highest BCUT2D eigenvalue weighted by molar-refractivity contribution is 6.65. The van der Waals surface area contributed by atoms with Gasteiger partial charge in [0.05, 0.1) is 12.8 Å². The molecule has 0 radical (unpaired) electrons. The Morgan fingerprint density at radius 2 is 2.25 bits per heavy atom. The van der Waals surface area contributed by atoms with Gasteiger partial charge in [0.25, 0.3) is 0 Å². The van der Waals surface area contributed by atoms with Gasteiger partial charge in [-0.1, -0.05) is 12.7 Å². The molecule has 0 saturated heterocycles. The first kappa shape index (κ1) is 10.9. The Balaban J connectivity index is 4.16. The van der Waals surface area contributed by atoms with Crippen LogP contribution in [0.2, 0.25) is 0 Å². The monoisotopic (exact) mass is 186 g/mol. The van der Waals surface area contributed by atoms with Crippen molar-refractivity contribution in [3.05, 3.63) is 24.4 Å². The maximum Gasteiger partial charge on any atom is 0.225 e. The van der Waals surface area contributed by atoms with E-state index in [0.717, 1.165) is 0 Å². The maximum atomic E-state index is 5.57. The third kappa shape index (κ3) is 5.68. The predicted octanol–water partition coefficient (Wildman–Crippen LogP) is 2.35. The lowest BCUT2D eigenvalue weighted by Crippen LogP contribution is -1.85. The fourth-order valence-electron chi connectivity index (χ4n) is 0.473. The smallest absolute Gasteiger partial charge is 0.225 e. The van der Waals surface area contributed by atoms with Crippen LogP contribution < -0.4 is 0 Å². The summed E-state index contributed by atoms with van der Waals surface area (Å²) in [5.74, 6) is 0. The second-order valence-corrected chi connectivity index (χ2v) is 2.18. The van der Waals surface area contributed by atoms with Gasteiger partial charge in [-0.25, -0.2) is 4.99 Å². The lowest BCUT2D eigenvalue weighted by Gasteiger charge is -1.90. The van der Waals surface area contributed by atoms with Crippen molar-refractivity contribution in [2.75, 3.05) is 7.11 Å². The molecule has 0 rings (SSSR count). The Kier molecular flexibility index (Phi) is 6.01. The number of amidine groups is 1. The van der Waals surface area contributed by atoms with Gasteiger partial charge in [0.15, 0.2) is 6.40 Å². The number of rotatable bonds is 3. The molecule has 0 aliphatic rings. The Labute approximate surface area is 77.1 Å². The molecule has 0 bridgehead atoms. The number of methoxy groups -OCH3 is 1. The first-order chi connectivity index (χ1) is 5.70. The zero-order chi connectivity index (χ0) is 9.40. The van der Waals surface area contributed by atoms with Crippen LogP contribution >= 0.6 is 11.6 Å². The Bertz CT molecular complexity index is 231. The lowest BCUT2D eigenvalue weighted by molar-refractivity contribution is 0.423. The molecule has 3 nitrogen and oxygen atoms in total. The molecule has 66 valence electrons. The van der Waals surface area contributed by atoms with Crippen molar-refractivity contribution in [3.8, 4) is 0 Å². The number of hydrogen-bond donors (Lipinski definition) is 0. The summed E-state index contributed by atoms with van der Waals surface area (Å²) in [5, 5.41) is 0.0972. The van der Waals surface area contributed by atoms with Crippen LogP contribution in [0.15, 0.2) is 34.4 Å². The number of hydrogen-bond acceptors (Lipinski definition) is 2. The second-order valence-electron chi connectivity index (χ2n) is 1.84. The molecule has 0 heterocycles. The van der Waals surface area contributed by atoms with Crippen LogP contribution in [0.3, 0.4) is 0 Å². The Morgan fingerprint density at radius 1 is 1.58 bits per heavy atom. The number of nitrogens with zero attached hydrogens (tertiary/aromatic N) is 2. The molecule has 4 heteroatoms. The Hall–Kier alpha value is -1.09. The highest BCUT2D eigenvalue weighted by atomic mass is 35.5. The van der Waals surface area contributed by atoms with Crippen LogP contribution in [0.4, 0.5) is 0 Å². The lowest BCUT2D eigenvalue weighted by atomic mass is 10.4. The highest BCUT2D eigenvalue weighted by Crippen LogP contribution is 1.98. The van der Waals surface area contributed by atoms with E-state index in [1.54, 1.807) is 6.08 Å². The summed E-state index contributed by atoms with van der Waals surface area (Å²) in [7, 11) is 1.48. The predicted molar refractivity (Wildman–Crippen MR) is 52.7 cm³/mol. The molecule has 0 aromatic carbocycles. The summed E-state index contributed by atoms with van der Waals surface area (Å²) in [5.41, 5.74) is 0.552. The van der Waals surface area contributed by atoms with E-state index >= 15 is 0 Å². The summed E-state index contributed by atoms with van der Waals surface area (Å²) in [6.45, 7) is 5.49. The zero-order valence-corrected chi connectivity index (χ0v) is 7.88. The largest absolute Gasteiger partial charge is 0.486 e. The number of halogens is 1. The minimum atomic E-state index is 0.0972. The van der Waals surface area contributed by atoms with Crippen LogP contribution in [0, 0.1) is 0 Å². The van der Waals surface area contributed by atoms with Gasteiger partial charge in [-0.05, 0) is 24.6 Å². The van der Waals surface area contributed by atoms with E-state index in [0.29, 0.717) is 5.70 Å². The first-order valence-corrected chi connectivity index (χ1v) is 3.69. The van der Waals surface area contributed by atoms with E-state index in [9.17, 15) is 0 Å². The molecular weight excluding hydrogens is 176 g/mol. The van der Waals surface area contributed by atoms with Gasteiger partial charge in [-0.2, -0.15) is 4.99 Å². The summed E-state index contributed by atoms with van der Waals surface area (Å²) in [6, 6.07) is 0. The molecule has 0 aliphatic carbocycles. The molecule has 12 heavy (non-hydrogen) atoms. The molecule has 0 fully saturated rings. The molecule has 0 spiro atoms. The van der Waals surface area contributed by atoms with Crippen LogP contribution in [0.5, 0.6) is 0 Å². The molecule has 0 amide bonds. The van der Waals surface area contributed by atoms with Crippen molar-refractivity contribution in [2.45, 2.75) is 6.92 Å². The second kappa shape index (κ2) is 6.61. The number of ether oxygens (including phenoxy) is 1.